The summed E-state index contributed by atoms with van der Waals surface area (Å²) in [5.41, 5.74) is 6.54. The fourth-order valence-electron chi connectivity index (χ4n) is 2.41. The first-order chi connectivity index (χ1) is 11.0. The molecule has 0 fully saturated rings. The molecule has 1 heterocycles. The molecule has 0 radical (unpaired) electrons. The number of benzene rings is 2. The van der Waals surface area contributed by atoms with Gasteiger partial charge >= 0.3 is 0 Å². The standard InChI is InChI=1S/C18H14Cl2N2O/c1-12(23)21-22-17(13-2-6-15(19)7-3-13)10-11-18(22)14-4-8-16(20)9-5-14/h2-11H,1H3,(H,21,23). The normalized spacial score (nSPS) is 10.6. The minimum atomic E-state index is -0.147. The Morgan fingerprint density at radius 2 is 1.17 bits per heavy atom. The number of carbonyl (C=O) groups excluding carboxylic acids is 1. The number of halogens is 2. The molecule has 3 rings (SSSR count). The van der Waals surface area contributed by atoms with E-state index in [2.05, 4.69) is 5.43 Å². The van der Waals surface area contributed by atoms with Gasteiger partial charge in [-0.15, -0.1) is 0 Å². The maximum Gasteiger partial charge on any atom is 0.235 e. The van der Waals surface area contributed by atoms with Crippen LogP contribution in [-0.4, -0.2) is 10.6 Å². The maximum atomic E-state index is 11.6. The molecule has 0 saturated carbocycles. The van der Waals surface area contributed by atoms with Gasteiger partial charge in [-0.25, -0.2) is 0 Å². The molecule has 0 atom stereocenters. The summed E-state index contributed by atoms with van der Waals surface area (Å²) < 4.78 is 1.77. The van der Waals surface area contributed by atoms with Crippen molar-refractivity contribution in [2.75, 3.05) is 5.43 Å². The number of hydrogen-bond acceptors (Lipinski definition) is 1. The summed E-state index contributed by atoms with van der Waals surface area (Å²) in [7, 11) is 0. The molecular formula is C18H14Cl2N2O. The van der Waals surface area contributed by atoms with E-state index in [1.54, 1.807) is 4.68 Å². The average Bonchev–Trinajstić information content (AvgIpc) is 2.92. The molecule has 5 heteroatoms. The zero-order valence-corrected chi connectivity index (χ0v) is 13.9. The highest BCUT2D eigenvalue weighted by Gasteiger charge is 2.13. The predicted octanol–water partition coefficient (Wildman–Crippen LogP) is 5.22. The Kier molecular flexibility index (Phi) is 4.42. The molecule has 23 heavy (non-hydrogen) atoms. The van der Waals surface area contributed by atoms with Crippen molar-refractivity contribution >= 4 is 29.1 Å². The SMILES string of the molecule is CC(=O)Nn1c(-c2ccc(Cl)cc2)ccc1-c1ccc(Cl)cc1. The van der Waals surface area contributed by atoms with Gasteiger partial charge in [-0.05, 0) is 36.4 Å². The van der Waals surface area contributed by atoms with E-state index in [1.807, 2.05) is 60.7 Å². The highest BCUT2D eigenvalue weighted by molar-refractivity contribution is 6.30. The molecule has 0 aliphatic heterocycles. The predicted molar refractivity (Wildman–Crippen MR) is 95.4 cm³/mol. The number of nitrogens with one attached hydrogen (secondary N) is 1. The Morgan fingerprint density at radius 1 is 0.783 bits per heavy atom. The quantitative estimate of drug-likeness (QED) is 0.694. The van der Waals surface area contributed by atoms with Crippen molar-refractivity contribution in [3.05, 3.63) is 70.7 Å². The number of hydrogen-bond donors (Lipinski definition) is 1. The fraction of sp³-hybridized carbons (Fsp3) is 0.0556. The van der Waals surface area contributed by atoms with Gasteiger partial charge in [0, 0.05) is 28.1 Å². The second-order valence-electron chi connectivity index (χ2n) is 5.12. The van der Waals surface area contributed by atoms with Crippen molar-refractivity contribution < 1.29 is 4.79 Å². The van der Waals surface area contributed by atoms with Crippen LogP contribution >= 0.6 is 23.2 Å². The van der Waals surface area contributed by atoms with Gasteiger partial charge in [0.2, 0.25) is 5.91 Å². The average molecular weight is 345 g/mol. The second-order valence-corrected chi connectivity index (χ2v) is 5.99. The summed E-state index contributed by atoms with van der Waals surface area (Å²) in [6.45, 7) is 1.48. The van der Waals surface area contributed by atoms with E-state index in [0.717, 1.165) is 22.5 Å². The molecular weight excluding hydrogens is 331 g/mol. The first kappa shape index (κ1) is 15.7. The van der Waals surface area contributed by atoms with Gasteiger partial charge in [0.1, 0.15) is 0 Å². The summed E-state index contributed by atoms with van der Waals surface area (Å²) in [6, 6.07) is 18.9. The van der Waals surface area contributed by atoms with Crippen LogP contribution in [0.15, 0.2) is 60.7 Å². The van der Waals surface area contributed by atoms with Crippen molar-refractivity contribution in [2.45, 2.75) is 6.92 Å². The molecule has 1 amide bonds. The lowest BCUT2D eigenvalue weighted by molar-refractivity contribution is -0.115. The van der Waals surface area contributed by atoms with Crippen LogP contribution in [0.3, 0.4) is 0 Å². The topological polar surface area (TPSA) is 34.0 Å². The first-order valence-electron chi connectivity index (χ1n) is 7.06. The molecule has 1 aromatic heterocycles. The minimum Gasteiger partial charge on any atom is -0.274 e. The number of aromatic nitrogens is 1. The third-order valence-corrected chi connectivity index (χ3v) is 3.93. The molecule has 0 saturated heterocycles. The number of nitrogens with zero attached hydrogens (tertiary/aromatic N) is 1. The van der Waals surface area contributed by atoms with E-state index in [4.69, 9.17) is 23.2 Å². The third-order valence-electron chi connectivity index (χ3n) is 3.43. The van der Waals surface area contributed by atoms with E-state index < -0.39 is 0 Å². The van der Waals surface area contributed by atoms with Crippen molar-refractivity contribution in [3.63, 3.8) is 0 Å². The molecule has 0 unspecified atom stereocenters. The molecule has 1 N–H and O–H groups in total. The lowest BCUT2D eigenvalue weighted by Crippen LogP contribution is -2.21. The molecule has 0 spiro atoms. The van der Waals surface area contributed by atoms with Gasteiger partial charge in [0.05, 0.1) is 11.4 Å². The fourth-order valence-corrected chi connectivity index (χ4v) is 2.66. The molecule has 3 nitrogen and oxygen atoms in total. The van der Waals surface area contributed by atoms with Crippen LogP contribution in [0, 0.1) is 0 Å². The maximum absolute atomic E-state index is 11.6. The Hall–Kier alpha value is -2.23. The van der Waals surface area contributed by atoms with Crippen LogP contribution in [0.2, 0.25) is 10.0 Å². The van der Waals surface area contributed by atoms with Crippen LogP contribution in [0.25, 0.3) is 22.5 Å². The third kappa shape index (κ3) is 3.41. The number of rotatable bonds is 3. The Balaban J connectivity index is 2.12. The van der Waals surface area contributed by atoms with Gasteiger partial charge in [-0.1, -0.05) is 47.5 Å². The lowest BCUT2D eigenvalue weighted by Gasteiger charge is -2.14. The molecule has 116 valence electrons. The van der Waals surface area contributed by atoms with Crippen LogP contribution in [0.4, 0.5) is 0 Å². The van der Waals surface area contributed by atoms with E-state index >= 15 is 0 Å². The first-order valence-corrected chi connectivity index (χ1v) is 7.81. The Morgan fingerprint density at radius 3 is 1.52 bits per heavy atom. The van der Waals surface area contributed by atoms with Crippen molar-refractivity contribution in [2.24, 2.45) is 0 Å². The van der Waals surface area contributed by atoms with Crippen LogP contribution < -0.4 is 5.43 Å². The van der Waals surface area contributed by atoms with Crippen LogP contribution in [0.5, 0.6) is 0 Å². The van der Waals surface area contributed by atoms with Gasteiger partial charge in [-0.3, -0.25) is 14.9 Å². The minimum absolute atomic E-state index is 0.147. The van der Waals surface area contributed by atoms with Gasteiger partial charge in [0.15, 0.2) is 0 Å². The zero-order valence-electron chi connectivity index (χ0n) is 12.4. The summed E-state index contributed by atoms with van der Waals surface area (Å²) >= 11 is 11.9. The Bertz CT molecular complexity index is 773. The summed E-state index contributed by atoms with van der Waals surface area (Å²) in [6.07, 6.45) is 0. The molecule has 0 aliphatic rings. The van der Waals surface area contributed by atoms with Crippen molar-refractivity contribution in [1.82, 2.24) is 4.68 Å². The number of carbonyl (C=O) groups is 1. The van der Waals surface area contributed by atoms with Crippen molar-refractivity contribution in [1.29, 1.82) is 0 Å². The lowest BCUT2D eigenvalue weighted by atomic mass is 10.1. The number of amides is 1. The summed E-state index contributed by atoms with van der Waals surface area (Å²) in [5.74, 6) is -0.147. The highest BCUT2D eigenvalue weighted by atomic mass is 35.5. The zero-order chi connectivity index (χ0) is 16.4. The molecule has 0 aliphatic carbocycles. The smallest absolute Gasteiger partial charge is 0.235 e. The van der Waals surface area contributed by atoms with Crippen LogP contribution in [-0.2, 0) is 4.79 Å². The van der Waals surface area contributed by atoms with E-state index in [0.29, 0.717) is 10.0 Å². The van der Waals surface area contributed by atoms with E-state index in [1.165, 1.54) is 6.92 Å². The van der Waals surface area contributed by atoms with Crippen LogP contribution in [0.1, 0.15) is 6.92 Å². The van der Waals surface area contributed by atoms with E-state index in [9.17, 15) is 4.79 Å². The largest absolute Gasteiger partial charge is 0.274 e. The molecule has 0 bridgehead atoms. The van der Waals surface area contributed by atoms with E-state index in [-0.39, 0.29) is 5.91 Å². The van der Waals surface area contributed by atoms with Gasteiger partial charge in [-0.2, -0.15) is 0 Å². The second kappa shape index (κ2) is 6.49. The summed E-state index contributed by atoms with van der Waals surface area (Å²) in [4.78, 5) is 11.6. The molecule has 3 aromatic rings. The highest BCUT2D eigenvalue weighted by Crippen LogP contribution is 2.29. The summed E-state index contributed by atoms with van der Waals surface area (Å²) in [5, 5.41) is 1.34. The molecule has 2 aromatic carbocycles. The van der Waals surface area contributed by atoms with Crippen molar-refractivity contribution in [3.8, 4) is 22.5 Å². The Labute approximate surface area is 144 Å². The van der Waals surface area contributed by atoms with Gasteiger partial charge in [0.25, 0.3) is 0 Å². The monoisotopic (exact) mass is 344 g/mol. The van der Waals surface area contributed by atoms with Gasteiger partial charge < -0.3 is 0 Å².